The number of rotatable bonds is 5. The summed E-state index contributed by atoms with van der Waals surface area (Å²) in [5, 5.41) is 9.22. The van der Waals surface area contributed by atoms with Gasteiger partial charge < -0.3 is 16.0 Å². The predicted octanol–water partition coefficient (Wildman–Crippen LogP) is 3.02. The highest BCUT2D eigenvalue weighted by Crippen LogP contribution is 2.26. The summed E-state index contributed by atoms with van der Waals surface area (Å²) in [7, 11) is 0. The summed E-state index contributed by atoms with van der Waals surface area (Å²) in [6.45, 7) is 3.52. The van der Waals surface area contributed by atoms with E-state index in [4.69, 9.17) is 11.6 Å². The molecule has 1 aromatic rings. The van der Waals surface area contributed by atoms with Crippen molar-refractivity contribution in [3.8, 4) is 0 Å². The Morgan fingerprint density at radius 3 is 2.64 bits per heavy atom. The highest BCUT2D eigenvalue weighted by atomic mass is 35.5. The van der Waals surface area contributed by atoms with Gasteiger partial charge in [-0.25, -0.2) is 0 Å². The summed E-state index contributed by atoms with van der Waals surface area (Å²) in [4.78, 5) is 23.0. The maximum Gasteiger partial charge on any atom is 0.224 e. The van der Waals surface area contributed by atoms with E-state index in [1.165, 1.54) is 6.92 Å². The van der Waals surface area contributed by atoms with Crippen LogP contribution in [0.4, 0.5) is 11.4 Å². The lowest BCUT2D eigenvalue weighted by molar-refractivity contribution is -0.116. The Hall–Kier alpha value is -1.59. The topological polar surface area (TPSA) is 70.2 Å². The van der Waals surface area contributed by atoms with Crippen LogP contribution in [-0.4, -0.2) is 24.9 Å². The van der Waals surface area contributed by atoms with Gasteiger partial charge >= 0.3 is 0 Å². The summed E-state index contributed by atoms with van der Waals surface area (Å²) in [5.41, 5.74) is 1.19. The van der Waals surface area contributed by atoms with Crippen molar-refractivity contribution >= 4 is 34.8 Å². The number of halogens is 1. The number of nitrogens with one attached hydrogen (secondary N) is 3. The van der Waals surface area contributed by atoms with Crippen molar-refractivity contribution in [3.05, 3.63) is 23.2 Å². The molecule has 1 fully saturated rings. The molecule has 0 bridgehead atoms. The number of anilines is 2. The first-order valence-corrected chi connectivity index (χ1v) is 8.00. The van der Waals surface area contributed by atoms with E-state index in [-0.39, 0.29) is 11.8 Å². The fourth-order valence-electron chi connectivity index (χ4n) is 2.62. The molecule has 3 N–H and O–H groups in total. The Morgan fingerprint density at radius 2 is 2.00 bits per heavy atom. The van der Waals surface area contributed by atoms with Crippen LogP contribution in [-0.2, 0) is 9.59 Å². The van der Waals surface area contributed by atoms with Crippen molar-refractivity contribution in [1.82, 2.24) is 5.32 Å². The number of hydrogen-bond donors (Lipinski definition) is 3. The smallest absolute Gasteiger partial charge is 0.224 e. The molecule has 0 radical (unpaired) electrons. The van der Waals surface area contributed by atoms with Crippen LogP contribution in [0, 0.1) is 5.92 Å². The van der Waals surface area contributed by atoms with Crippen LogP contribution in [0.1, 0.15) is 32.6 Å². The molecular formula is C16H22ClN3O2. The maximum absolute atomic E-state index is 12.0. The molecule has 1 aliphatic heterocycles. The third kappa shape index (κ3) is 5.31. The number of carbonyl (C=O) groups is 2. The Kier molecular flexibility index (Phi) is 6.21. The SMILES string of the molecule is CC(=O)Nc1ccc(NC(=O)CCC2CCNCC2)c(Cl)c1. The molecule has 1 heterocycles. The number of piperidine rings is 1. The van der Waals surface area contributed by atoms with Gasteiger partial charge in [0.2, 0.25) is 11.8 Å². The summed E-state index contributed by atoms with van der Waals surface area (Å²) >= 11 is 6.13. The monoisotopic (exact) mass is 323 g/mol. The average molecular weight is 324 g/mol. The molecule has 1 aromatic carbocycles. The van der Waals surface area contributed by atoms with Gasteiger partial charge in [0.1, 0.15) is 0 Å². The fourth-order valence-corrected chi connectivity index (χ4v) is 2.84. The molecule has 120 valence electrons. The van der Waals surface area contributed by atoms with Crippen molar-refractivity contribution in [2.24, 2.45) is 5.92 Å². The second-order valence-corrected chi connectivity index (χ2v) is 6.06. The predicted molar refractivity (Wildman–Crippen MR) is 89.2 cm³/mol. The standard InChI is InChI=1S/C16H22ClN3O2/c1-11(21)19-13-3-4-15(14(17)10-13)20-16(22)5-2-12-6-8-18-9-7-12/h3-4,10,12,18H,2,5-9H2,1H3,(H,19,21)(H,20,22). The summed E-state index contributed by atoms with van der Waals surface area (Å²) in [6.07, 6.45) is 3.70. The number of hydrogen-bond acceptors (Lipinski definition) is 3. The Bertz CT molecular complexity index is 542. The van der Waals surface area contributed by atoms with E-state index in [0.717, 1.165) is 32.4 Å². The molecule has 22 heavy (non-hydrogen) atoms. The second kappa shape index (κ2) is 8.15. The third-order valence-electron chi connectivity index (χ3n) is 3.80. The number of benzene rings is 1. The highest BCUT2D eigenvalue weighted by Gasteiger charge is 2.15. The van der Waals surface area contributed by atoms with E-state index in [2.05, 4.69) is 16.0 Å². The molecular weight excluding hydrogens is 302 g/mol. The lowest BCUT2D eigenvalue weighted by Gasteiger charge is -2.22. The second-order valence-electron chi connectivity index (χ2n) is 5.66. The van der Waals surface area contributed by atoms with E-state index < -0.39 is 0 Å². The molecule has 0 aromatic heterocycles. The summed E-state index contributed by atoms with van der Waals surface area (Å²) in [5.74, 6) is 0.451. The molecule has 0 unspecified atom stereocenters. The van der Waals surface area contributed by atoms with Crippen molar-refractivity contribution < 1.29 is 9.59 Å². The van der Waals surface area contributed by atoms with Gasteiger partial charge in [-0.1, -0.05) is 11.6 Å². The Balaban J connectivity index is 1.84. The molecule has 0 spiro atoms. The van der Waals surface area contributed by atoms with Crippen LogP contribution < -0.4 is 16.0 Å². The lowest BCUT2D eigenvalue weighted by atomic mass is 9.93. The Labute approximate surface area is 135 Å². The quantitative estimate of drug-likeness (QED) is 0.780. The number of carbonyl (C=O) groups excluding carboxylic acids is 2. The first-order chi connectivity index (χ1) is 10.5. The van der Waals surface area contributed by atoms with E-state index >= 15 is 0 Å². The molecule has 6 heteroatoms. The molecule has 0 atom stereocenters. The van der Waals surface area contributed by atoms with Gasteiger partial charge in [-0.15, -0.1) is 0 Å². The minimum absolute atomic E-state index is 0.0206. The lowest BCUT2D eigenvalue weighted by Crippen LogP contribution is -2.28. The Morgan fingerprint density at radius 1 is 1.27 bits per heavy atom. The average Bonchev–Trinajstić information content (AvgIpc) is 2.48. The van der Waals surface area contributed by atoms with Crippen LogP contribution in [0.2, 0.25) is 5.02 Å². The van der Waals surface area contributed by atoms with Gasteiger partial charge in [-0.2, -0.15) is 0 Å². The van der Waals surface area contributed by atoms with Crippen molar-refractivity contribution in [2.75, 3.05) is 23.7 Å². The van der Waals surface area contributed by atoms with E-state index in [0.29, 0.717) is 28.7 Å². The first kappa shape index (κ1) is 16.8. The van der Waals surface area contributed by atoms with Gasteiger partial charge in [0.05, 0.1) is 10.7 Å². The molecule has 1 saturated heterocycles. The minimum Gasteiger partial charge on any atom is -0.326 e. The summed E-state index contributed by atoms with van der Waals surface area (Å²) < 4.78 is 0. The van der Waals surface area contributed by atoms with Crippen LogP contribution in [0.3, 0.4) is 0 Å². The van der Waals surface area contributed by atoms with E-state index in [1.54, 1.807) is 18.2 Å². The molecule has 0 aliphatic carbocycles. The van der Waals surface area contributed by atoms with Gasteiger partial charge in [-0.3, -0.25) is 9.59 Å². The van der Waals surface area contributed by atoms with Crippen LogP contribution in [0.5, 0.6) is 0 Å². The van der Waals surface area contributed by atoms with Crippen molar-refractivity contribution in [2.45, 2.75) is 32.6 Å². The fraction of sp³-hybridized carbons (Fsp3) is 0.500. The van der Waals surface area contributed by atoms with Crippen LogP contribution in [0.25, 0.3) is 0 Å². The van der Waals surface area contributed by atoms with Crippen LogP contribution in [0.15, 0.2) is 18.2 Å². The first-order valence-electron chi connectivity index (χ1n) is 7.62. The number of amides is 2. The van der Waals surface area contributed by atoms with E-state index in [1.807, 2.05) is 0 Å². The zero-order chi connectivity index (χ0) is 15.9. The van der Waals surface area contributed by atoms with Gasteiger partial charge in [0, 0.05) is 19.0 Å². The van der Waals surface area contributed by atoms with Crippen molar-refractivity contribution in [3.63, 3.8) is 0 Å². The van der Waals surface area contributed by atoms with Gasteiger partial charge in [-0.05, 0) is 56.5 Å². The molecule has 1 aliphatic rings. The van der Waals surface area contributed by atoms with Gasteiger partial charge in [0.15, 0.2) is 0 Å². The van der Waals surface area contributed by atoms with E-state index in [9.17, 15) is 9.59 Å². The van der Waals surface area contributed by atoms with Gasteiger partial charge in [0.25, 0.3) is 0 Å². The summed E-state index contributed by atoms with van der Waals surface area (Å²) in [6, 6.07) is 5.05. The zero-order valence-corrected chi connectivity index (χ0v) is 13.5. The van der Waals surface area contributed by atoms with Crippen LogP contribution >= 0.6 is 11.6 Å². The zero-order valence-electron chi connectivity index (χ0n) is 12.7. The normalized spacial score (nSPS) is 15.4. The van der Waals surface area contributed by atoms with Crippen molar-refractivity contribution in [1.29, 1.82) is 0 Å². The molecule has 0 saturated carbocycles. The minimum atomic E-state index is -0.158. The maximum atomic E-state index is 12.0. The molecule has 2 amide bonds. The largest absolute Gasteiger partial charge is 0.326 e. The third-order valence-corrected chi connectivity index (χ3v) is 4.11. The molecule has 5 nitrogen and oxygen atoms in total. The molecule has 2 rings (SSSR count). The highest BCUT2D eigenvalue weighted by molar-refractivity contribution is 6.34.